The summed E-state index contributed by atoms with van der Waals surface area (Å²) >= 11 is 5.56. The second kappa shape index (κ2) is 4.97. The first-order valence-electron chi connectivity index (χ1n) is 3.52. The van der Waals surface area contributed by atoms with Crippen LogP contribution in [0.15, 0.2) is 23.1 Å². The van der Waals surface area contributed by atoms with Gasteiger partial charge in [-0.2, -0.15) is 0 Å². The van der Waals surface area contributed by atoms with Gasteiger partial charge in [0.1, 0.15) is 0 Å². The average Bonchev–Trinajstić information content (AvgIpc) is 2.02. The van der Waals surface area contributed by atoms with Crippen molar-refractivity contribution in [2.24, 2.45) is 7.05 Å². The van der Waals surface area contributed by atoms with Crippen molar-refractivity contribution in [3.8, 4) is 0 Å². The van der Waals surface area contributed by atoms with Gasteiger partial charge in [-0.1, -0.05) is 25.4 Å². The van der Waals surface area contributed by atoms with Crippen LogP contribution < -0.4 is 5.56 Å². The number of nitrogens with zero attached hydrogens (tertiary/aromatic N) is 1. The Kier molecular flexibility index (Phi) is 4.62. The highest BCUT2D eigenvalue weighted by Crippen LogP contribution is 2.01. The number of hydrogen-bond acceptors (Lipinski definition) is 1. The fourth-order valence-electron chi connectivity index (χ4n) is 0.560. The molecule has 0 N–H and O–H groups in total. The van der Waals surface area contributed by atoms with Crippen LogP contribution in [0.25, 0.3) is 0 Å². The van der Waals surface area contributed by atoms with Crippen molar-refractivity contribution in [2.45, 2.75) is 13.8 Å². The third kappa shape index (κ3) is 3.23. The summed E-state index contributed by atoms with van der Waals surface area (Å²) in [4.78, 5) is 10.7. The Hall–Kier alpha value is -0.760. The van der Waals surface area contributed by atoms with Crippen LogP contribution in [-0.4, -0.2) is 4.57 Å². The van der Waals surface area contributed by atoms with Crippen LogP contribution >= 0.6 is 11.6 Å². The Morgan fingerprint density at radius 3 is 2.27 bits per heavy atom. The van der Waals surface area contributed by atoms with Crippen molar-refractivity contribution >= 4 is 11.6 Å². The lowest BCUT2D eigenvalue weighted by atomic mass is 10.5. The third-order valence-electron chi connectivity index (χ3n) is 1.05. The van der Waals surface area contributed by atoms with Crippen molar-refractivity contribution in [3.63, 3.8) is 0 Å². The molecule has 0 aromatic carbocycles. The lowest BCUT2D eigenvalue weighted by Gasteiger charge is -1.93. The zero-order chi connectivity index (χ0) is 8.85. The first-order chi connectivity index (χ1) is 5.20. The van der Waals surface area contributed by atoms with E-state index in [9.17, 15) is 4.79 Å². The number of rotatable bonds is 0. The van der Waals surface area contributed by atoms with Crippen LogP contribution in [0, 0.1) is 0 Å². The molecule has 0 aliphatic carbocycles. The highest BCUT2D eigenvalue weighted by molar-refractivity contribution is 6.30. The number of halogens is 1. The molecule has 1 heterocycles. The fourth-order valence-corrected chi connectivity index (χ4v) is 0.769. The Balaban J connectivity index is 0.000000461. The SMILES string of the molecule is CC.Cn1cc(Cl)ccc1=O. The second-order valence-corrected chi connectivity index (χ2v) is 2.23. The molecule has 1 aromatic heterocycles. The van der Waals surface area contributed by atoms with Gasteiger partial charge < -0.3 is 4.57 Å². The van der Waals surface area contributed by atoms with Crippen molar-refractivity contribution in [1.82, 2.24) is 4.57 Å². The third-order valence-corrected chi connectivity index (χ3v) is 1.27. The summed E-state index contributed by atoms with van der Waals surface area (Å²) in [6, 6.07) is 3.01. The minimum atomic E-state index is -0.0422. The lowest BCUT2D eigenvalue weighted by Crippen LogP contribution is -2.13. The first-order valence-corrected chi connectivity index (χ1v) is 3.90. The molecule has 0 spiro atoms. The van der Waals surface area contributed by atoms with Gasteiger partial charge in [0, 0.05) is 19.3 Å². The van der Waals surface area contributed by atoms with E-state index in [2.05, 4.69) is 0 Å². The van der Waals surface area contributed by atoms with E-state index < -0.39 is 0 Å². The number of pyridine rings is 1. The summed E-state index contributed by atoms with van der Waals surface area (Å²) in [5.41, 5.74) is -0.0422. The molecule has 0 saturated carbocycles. The lowest BCUT2D eigenvalue weighted by molar-refractivity contribution is 0.860. The van der Waals surface area contributed by atoms with Gasteiger partial charge in [0.15, 0.2) is 0 Å². The monoisotopic (exact) mass is 173 g/mol. The van der Waals surface area contributed by atoms with Crippen LogP contribution in [0.2, 0.25) is 5.02 Å². The molecule has 2 nitrogen and oxygen atoms in total. The Labute approximate surface area is 71.4 Å². The maximum Gasteiger partial charge on any atom is 0.250 e. The maximum atomic E-state index is 10.7. The molecule has 0 fully saturated rings. The molecule has 3 heteroatoms. The van der Waals surface area contributed by atoms with E-state index in [4.69, 9.17) is 11.6 Å². The second-order valence-electron chi connectivity index (χ2n) is 1.80. The zero-order valence-corrected chi connectivity index (χ0v) is 7.72. The number of hydrogen-bond donors (Lipinski definition) is 0. The minimum absolute atomic E-state index is 0.0422. The van der Waals surface area contributed by atoms with Crippen molar-refractivity contribution in [3.05, 3.63) is 33.7 Å². The predicted octanol–water partition coefficient (Wildman–Crippen LogP) is 2.06. The Morgan fingerprint density at radius 1 is 1.36 bits per heavy atom. The molecule has 0 aliphatic rings. The molecule has 1 aromatic rings. The van der Waals surface area contributed by atoms with Gasteiger partial charge in [0.25, 0.3) is 0 Å². The molecule has 62 valence electrons. The van der Waals surface area contributed by atoms with E-state index in [0.29, 0.717) is 5.02 Å². The van der Waals surface area contributed by atoms with Crippen LogP contribution in [0.5, 0.6) is 0 Å². The van der Waals surface area contributed by atoms with E-state index in [0.717, 1.165) is 0 Å². The molecule has 0 radical (unpaired) electrons. The molecule has 0 atom stereocenters. The molecule has 1 rings (SSSR count). The molecule has 0 unspecified atom stereocenters. The summed E-state index contributed by atoms with van der Waals surface area (Å²) in [5, 5.41) is 0.581. The van der Waals surface area contributed by atoms with Crippen LogP contribution in [0.4, 0.5) is 0 Å². The van der Waals surface area contributed by atoms with Crippen molar-refractivity contribution < 1.29 is 0 Å². The average molecular weight is 174 g/mol. The van der Waals surface area contributed by atoms with E-state index in [1.807, 2.05) is 13.8 Å². The summed E-state index contributed by atoms with van der Waals surface area (Å²) in [6.07, 6.45) is 1.57. The van der Waals surface area contributed by atoms with Crippen LogP contribution in [-0.2, 0) is 7.05 Å². The topological polar surface area (TPSA) is 22.0 Å². The van der Waals surface area contributed by atoms with Gasteiger partial charge in [0.2, 0.25) is 5.56 Å². The zero-order valence-electron chi connectivity index (χ0n) is 6.97. The Morgan fingerprint density at radius 2 is 1.91 bits per heavy atom. The van der Waals surface area contributed by atoms with Gasteiger partial charge in [-0.15, -0.1) is 0 Å². The van der Waals surface area contributed by atoms with E-state index in [-0.39, 0.29) is 5.56 Å². The highest BCUT2D eigenvalue weighted by Gasteiger charge is 1.87. The largest absolute Gasteiger partial charge is 0.317 e. The summed E-state index contributed by atoms with van der Waals surface area (Å²) in [7, 11) is 1.66. The molecular formula is C8H12ClNO. The smallest absolute Gasteiger partial charge is 0.250 e. The molecule has 0 aliphatic heterocycles. The van der Waals surface area contributed by atoms with Gasteiger partial charge >= 0.3 is 0 Å². The summed E-state index contributed by atoms with van der Waals surface area (Å²) in [6.45, 7) is 4.00. The number of aromatic nitrogens is 1. The van der Waals surface area contributed by atoms with Gasteiger partial charge in [-0.3, -0.25) is 4.79 Å². The fraction of sp³-hybridized carbons (Fsp3) is 0.375. The van der Waals surface area contributed by atoms with Crippen LogP contribution in [0.1, 0.15) is 13.8 Å². The molecule has 0 saturated heterocycles. The highest BCUT2D eigenvalue weighted by atomic mass is 35.5. The van der Waals surface area contributed by atoms with E-state index >= 15 is 0 Å². The quantitative estimate of drug-likeness (QED) is 0.589. The standard InChI is InChI=1S/C6H6ClNO.C2H6/c1-8-4-5(7)2-3-6(8)9;1-2/h2-4H,1H3;1-2H3. The van der Waals surface area contributed by atoms with Gasteiger partial charge in [-0.05, 0) is 6.07 Å². The van der Waals surface area contributed by atoms with E-state index in [1.54, 1.807) is 19.3 Å². The summed E-state index contributed by atoms with van der Waals surface area (Å²) < 4.78 is 1.43. The predicted molar refractivity (Wildman–Crippen MR) is 48.0 cm³/mol. The molecular weight excluding hydrogens is 162 g/mol. The molecule has 0 amide bonds. The molecule has 0 bridgehead atoms. The van der Waals surface area contributed by atoms with Crippen LogP contribution in [0.3, 0.4) is 0 Å². The van der Waals surface area contributed by atoms with Gasteiger partial charge in [-0.25, -0.2) is 0 Å². The van der Waals surface area contributed by atoms with Gasteiger partial charge in [0.05, 0.1) is 5.02 Å². The van der Waals surface area contributed by atoms with E-state index in [1.165, 1.54) is 10.6 Å². The normalized spacial score (nSPS) is 8.36. The molecule has 11 heavy (non-hydrogen) atoms. The Bertz CT molecular complexity index is 267. The van der Waals surface area contributed by atoms with Crippen molar-refractivity contribution in [2.75, 3.05) is 0 Å². The maximum absolute atomic E-state index is 10.7. The first kappa shape index (κ1) is 10.2. The summed E-state index contributed by atoms with van der Waals surface area (Å²) in [5.74, 6) is 0. The van der Waals surface area contributed by atoms with Crippen molar-refractivity contribution in [1.29, 1.82) is 0 Å². The number of aryl methyl sites for hydroxylation is 1. The minimum Gasteiger partial charge on any atom is -0.317 e.